The lowest BCUT2D eigenvalue weighted by atomic mass is 10.1. The summed E-state index contributed by atoms with van der Waals surface area (Å²) < 4.78 is 0. The van der Waals surface area contributed by atoms with Crippen molar-refractivity contribution in [1.29, 1.82) is 0 Å². The molecule has 0 saturated carbocycles. The Kier molecular flexibility index (Phi) is 6.71. The zero-order valence-electron chi connectivity index (χ0n) is 10.3. The molecule has 0 aromatic heterocycles. The van der Waals surface area contributed by atoms with Gasteiger partial charge in [0, 0.05) is 18.0 Å². The van der Waals surface area contributed by atoms with E-state index in [1.54, 1.807) is 0 Å². The van der Waals surface area contributed by atoms with Crippen LogP contribution in [0.1, 0.15) is 38.2 Å². The maximum Gasteiger partial charge on any atom is 0.219 e. The van der Waals surface area contributed by atoms with Gasteiger partial charge in [-0.15, -0.1) is 0 Å². The van der Waals surface area contributed by atoms with Crippen molar-refractivity contribution in [2.45, 2.75) is 39.0 Å². The van der Waals surface area contributed by atoms with Crippen molar-refractivity contribution in [2.75, 3.05) is 6.54 Å². The van der Waals surface area contributed by atoms with Crippen LogP contribution in [0.25, 0.3) is 0 Å². The van der Waals surface area contributed by atoms with Gasteiger partial charge in [0.2, 0.25) is 5.91 Å². The van der Waals surface area contributed by atoms with Gasteiger partial charge >= 0.3 is 0 Å². The summed E-state index contributed by atoms with van der Waals surface area (Å²) in [7, 11) is 0. The molecule has 0 spiro atoms. The van der Waals surface area contributed by atoms with Gasteiger partial charge < -0.3 is 5.32 Å². The number of carbonyl (C=O) groups is 1. The molecule has 0 bridgehead atoms. The molecule has 0 fully saturated rings. The summed E-state index contributed by atoms with van der Waals surface area (Å²) in [5, 5.41) is 3.70. The average Bonchev–Trinajstić information content (AvgIpc) is 2.31. The molecule has 17 heavy (non-hydrogen) atoms. The van der Waals surface area contributed by atoms with Crippen molar-refractivity contribution in [1.82, 2.24) is 5.32 Å². The molecular formula is C14H20ClNO. The monoisotopic (exact) mass is 253 g/mol. The van der Waals surface area contributed by atoms with Crippen LogP contribution in [0.3, 0.4) is 0 Å². The number of halogens is 1. The third kappa shape index (κ3) is 6.32. The number of aryl methyl sites for hydroxylation is 1. The summed E-state index contributed by atoms with van der Waals surface area (Å²) in [5.41, 5.74) is 1.30. The average molecular weight is 254 g/mol. The Labute approximate surface area is 108 Å². The molecule has 0 radical (unpaired) electrons. The largest absolute Gasteiger partial charge is 0.356 e. The van der Waals surface area contributed by atoms with Crippen LogP contribution in [0.4, 0.5) is 0 Å². The van der Waals surface area contributed by atoms with Gasteiger partial charge in [0.15, 0.2) is 0 Å². The Morgan fingerprint density at radius 1 is 1.24 bits per heavy atom. The fourth-order valence-corrected chi connectivity index (χ4v) is 1.77. The summed E-state index contributed by atoms with van der Waals surface area (Å²) in [6, 6.07) is 7.94. The van der Waals surface area contributed by atoms with Crippen molar-refractivity contribution in [3.63, 3.8) is 0 Å². The standard InChI is InChI=1S/C14H20ClNO/c1-2-5-14(17)16-11-4-3-6-12-7-9-13(15)10-8-12/h7-10H,2-6,11H2,1H3,(H,16,17). The Morgan fingerprint density at radius 3 is 2.59 bits per heavy atom. The minimum atomic E-state index is 0.166. The minimum absolute atomic E-state index is 0.166. The number of hydrogen-bond acceptors (Lipinski definition) is 1. The number of carbonyl (C=O) groups excluding carboxylic acids is 1. The van der Waals surface area contributed by atoms with E-state index in [0.29, 0.717) is 6.42 Å². The Hall–Kier alpha value is -1.02. The van der Waals surface area contributed by atoms with Crippen LogP contribution in [0, 0.1) is 0 Å². The van der Waals surface area contributed by atoms with Crippen molar-refractivity contribution >= 4 is 17.5 Å². The number of benzene rings is 1. The van der Waals surface area contributed by atoms with Crippen LogP contribution >= 0.6 is 11.6 Å². The van der Waals surface area contributed by atoms with Crippen LogP contribution in [0.15, 0.2) is 24.3 Å². The molecular weight excluding hydrogens is 234 g/mol. The lowest BCUT2D eigenvalue weighted by Gasteiger charge is -2.04. The lowest BCUT2D eigenvalue weighted by molar-refractivity contribution is -0.121. The fourth-order valence-electron chi connectivity index (χ4n) is 1.65. The molecule has 1 aromatic carbocycles. The first-order valence-corrected chi connectivity index (χ1v) is 6.61. The topological polar surface area (TPSA) is 29.1 Å². The molecule has 0 aliphatic heterocycles. The van der Waals surface area contributed by atoms with Gasteiger partial charge in [-0.3, -0.25) is 4.79 Å². The van der Waals surface area contributed by atoms with E-state index >= 15 is 0 Å². The maximum atomic E-state index is 11.2. The predicted octanol–water partition coefficient (Wildman–Crippen LogP) is 3.58. The molecule has 0 aliphatic carbocycles. The molecule has 1 amide bonds. The molecule has 1 rings (SSSR count). The third-order valence-electron chi connectivity index (χ3n) is 2.60. The van der Waals surface area contributed by atoms with Crippen LogP contribution in [-0.2, 0) is 11.2 Å². The van der Waals surface area contributed by atoms with E-state index < -0.39 is 0 Å². The molecule has 3 heteroatoms. The summed E-state index contributed by atoms with van der Waals surface area (Å²) in [5.74, 6) is 0.166. The second-order valence-electron chi connectivity index (χ2n) is 4.18. The van der Waals surface area contributed by atoms with Gasteiger partial charge in [-0.25, -0.2) is 0 Å². The first kappa shape index (κ1) is 14.0. The lowest BCUT2D eigenvalue weighted by Crippen LogP contribution is -2.23. The molecule has 1 N–H and O–H groups in total. The zero-order chi connectivity index (χ0) is 12.5. The van der Waals surface area contributed by atoms with E-state index in [1.807, 2.05) is 19.1 Å². The van der Waals surface area contributed by atoms with Crippen LogP contribution in [0.5, 0.6) is 0 Å². The first-order valence-electron chi connectivity index (χ1n) is 6.23. The maximum absolute atomic E-state index is 11.2. The Morgan fingerprint density at radius 2 is 1.94 bits per heavy atom. The first-order chi connectivity index (χ1) is 8.22. The Bertz CT molecular complexity index is 335. The quantitative estimate of drug-likeness (QED) is 0.740. The van der Waals surface area contributed by atoms with Gasteiger partial charge in [-0.1, -0.05) is 30.7 Å². The Balaban J connectivity index is 2.08. The number of nitrogens with one attached hydrogen (secondary N) is 1. The van der Waals surface area contributed by atoms with Gasteiger partial charge in [0.05, 0.1) is 0 Å². The second kappa shape index (κ2) is 8.13. The van der Waals surface area contributed by atoms with Gasteiger partial charge in [-0.2, -0.15) is 0 Å². The van der Waals surface area contributed by atoms with Crippen molar-refractivity contribution < 1.29 is 4.79 Å². The number of hydrogen-bond donors (Lipinski definition) is 1. The third-order valence-corrected chi connectivity index (χ3v) is 2.86. The molecule has 1 aromatic rings. The summed E-state index contributed by atoms with van der Waals surface area (Å²) in [6.07, 6.45) is 4.71. The molecule has 0 saturated heterocycles. The predicted molar refractivity (Wildman–Crippen MR) is 72.3 cm³/mol. The van der Waals surface area contributed by atoms with Gasteiger partial charge in [-0.05, 0) is 43.4 Å². The molecule has 0 unspecified atom stereocenters. The minimum Gasteiger partial charge on any atom is -0.356 e. The number of amides is 1. The molecule has 0 atom stereocenters. The molecule has 2 nitrogen and oxygen atoms in total. The van der Waals surface area contributed by atoms with Crippen molar-refractivity contribution in [3.05, 3.63) is 34.9 Å². The van der Waals surface area contributed by atoms with Crippen molar-refractivity contribution in [2.24, 2.45) is 0 Å². The highest BCUT2D eigenvalue weighted by Gasteiger charge is 1.98. The van der Waals surface area contributed by atoms with E-state index in [1.165, 1.54) is 5.56 Å². The summed E-state index contributed by atoms with van der Waals surface area (Å²) >= 11 is 5.81. The van der Waals surface area contributed by atoms with Gasteiger partial charge in [0.1, 0.15) is 0 Å². The highest BCUT2D eigenvalue weighted by molar-refractivity contribution is 6.30. The molecule has 0 heterocycles. The summed E-state index contributed by atoms with van der Waals surface area (Å²) in [6.45, 7) is 2.80. The fraction of sp³-hybridized carbons (Fsp3) is 0.500. The van der Waals surface area contributed by atoms with E-state index in [9.17, 15) is 4.79 Å². The second-order valence-corrected chi connectivity index (χ2v) is 4.62. The van der Waals surface area contributed by atoms with E-state index in [0.717, 1.165) is 37.3 Å². The van der Waals surface area contributed by atoms with Gasteiger partial charge in [0.25, 0.3) is 0 Å². The zero-order valence-corrected chi connectivity index (χ0v) is 11.1. The smallest absolute Gasteiger partial charge is 0.219 e. The van der Waals surface area contributed by atoms with Crippen LogP contribution < -0.4 is 5.32 Å². The molecule has 94 valence electrons. The SMILES string of the molecule is CCCC(=O)NCCCCc1ccc(Cl)cc1. The number of unbranched alkanes of at least 4 members (excludes halogenated alkanes) is 1. The highest BCUT2D eigenvalue weighted by atomic mass is 35.5. The summed E-state index contributed by atoms with van der Waals surface area (Å²) in [4.78, 5) is 11.2. The van der Waals surface area contributed by atoms with Crippen molar-refractivity contribution in [3.8, 4) is 0 Å². The van der Waals surface area contributed by atoms with E-state index in [-0.39, 0.29) is 5.91 Å². The number of rotatable bonds is 7. The van der Waals surface area contributed by atoms with Crippen LogP contribution in [0.2, 0.25) is 5.02 Å². The van der Waals surface area contributed by atoms with Crippen LogP contribution in [-0.4, -0.2) is 12.5 Å². The normalized spacial score (nSPS) is 10.2. The molecule has 0 aliphatic rings. The van der Waals surface area contributed by atoms with E-state index in [4.69, 9.17) is 11.6 Å². The van der Waals surface area contributed by atoms with E-state index in [2.05, 4.69) is 17.4 Å². The highest BCUT2D eigenvalue weighted by Crippen LogP contribution is 2.11.